The highest BCUT2D eigenvalue weighted by atomic mass is 16.5. The molecule has 0 bridgehead atoms. The van der Waals surface area contributed by atoms with Crippen molar-refractivity contribution in [2.75, 3.05) is 5.32 Å². The number of fused-ring (bicyclic) bond motifs is 1. The molecule has 21 heavy (non-hydrogen) atoms. The van der Waals surface area contributed by atoms with Crippen LogP contribution in [0.2, 0.25) is 0 Å². The van der Waals surface area contributed by atoms with Crippen molar-refractivity contribution in [3.63, 3.8) is 0 Å². The molecule has 5 heteroatoms. The van der Waals surface area contributed by atoms with Gasteiger partial charge in [-0.1, -0.05) is 0 Å². The summed E-state index contributed by atoms with van der Waals surface area (Å²) >= 11 is 0. The molecule has 3 rings (SSSR count). The zero-order chi connectivity index (χ0) is 15.0. The lowest BCUT2D eigenvalue weighted by Gasteiger charge is -2.21. The topological polar surface area (TPSA) is 52.0 Å². The van der Waals surface area contributed by atoms with Crippen molar-refractivity contribution in [1.82, 2.24) is 14.8 Å². The van der Waals surface area contributed by atoms with Crippen LogP contribution in [0.25, 0.3) is 11.3 Å². The molecule has 0 radical (unpaired) electrons. The molecule has 0 spiro atoms. The first-order chi connectivity index (χ1) is 10.0. The van der Waals surface area contributed by atoms with Gasteiger partial charge in [-0.2, -0.15) is 5.10 Å². The first-order valence-electron chi connectivity index (χ1n) is 7.51. The quantitative estimate of drug-likeness (QED) is 0.941. The third-order valence-corrected chi connectivity index (χ3v) is 3.66. The van der Waals surface area contributed by atoms with Gasteiger partial charge in [0.05, 0.1) is 6.10 Å². The summed E-state index contributed by atoms with van der Waals surface area (Å²) in [4.78, 5) is 4.46. The molecule has 0 unspecified atom stereocenters. The molecule has 0 amide bonds. The van der Waals surface area contributed by atoms with E-state index in [0.717, 1.165) is 41.5 Å². The van der Waals surface area contributed by atoms with Crippen LogP contribution in [0, 0.1) is 6.92 Å². The predicted molar refractivity (Wildman–Crippen MR) is 83.7 cm³/mol. The van der Waals surface area contributed by atoms with E-state index >= 15 is 0 Å². The first kappa shape index (κ1) is 13.9. The van der Waals surface area contributed by atoms with Gasteiger partial charge in [0.1, 0.15) is 11.5 Å². The van der Waals surface area contributed by atoms with Gasteiger partial charge in [-0.05, 0) is 39.8 Å². The Labute approximate surface area is 125 Å². The highest BCUT2D eigenvalue weighted by Gasteiger charge is 2.23. The first-order valence-corrected chi connectivity index (χ1v) is 7.51. The number of nitrogens with one attached hydrogen (secondary N) is 1. The van der Waals surface area contributed by atoms with Crippen LogP contribution in [0.3, 0.4) is 0 Å². The fourth-order valence-electron chi connectivity index (χ4n) is 2.58. The van der Waals surface area contributed by atoms with Crippen molar-refractivity contribution in [3.8, 4) is 17.1 Å². The molecule has 3 heterocycles. The number of aromatic nitrogens is 3. The maximum atomic E-state index is 5.91. The molecule has 1 aliphatic rings. The second-order valence-electron chi connectivity index (χ2n) is 5.95. The molecule has 112 valence electrons. The summed E-state index contributed by atoms with van der Waals surface area (Å²) in [5.41, 5.74) is 3.08. The number of anilines is 1. The van der Waals surface area contributed by atoms with Gasteiger partial charge in [0, 0.05) is 36.3 Å². The van der Waals surface area contributed by atoms with E-state index in [4.69, 9.17) is 4.74 Å². The number of ether oxygens (including phenoxy) is 1. The maximum Gasteiger partial charge on any atom is 0.215 e. The summed E-state index contributed by atoms with van der Waals surface area (Å²) in [6.45, 7) is 9.27. The number of hydrogen-bond donors (Lipinski definition) is 1. The minimum absolute atomic E-state index is 0.261. The number of rotatable bonds is 3. The van der Waals surface area contributed by atoms with Gasteiger partial charge in [-0.3, -0.25) is 0 Å². The minimum Gasteiger partial charge on any atom is -0.475 e. The van der Waals surface area contributed by atoms with Crippen LogP contribution in [-0.2, 0) is 6.54 Å². The van der Waals surface area contributed by atoms with Crippen molar-refractivity contribution in [2.45, 2.75) is 52.8 Å². The lowest BCUT2D eigenvalue weighted by atomic mass is 10.1. The van der Waals surface area contributed by atoms with E-state index in [9.17, 15) is 0 Å². The van der Waals surface area contributed by atoms with Gasteiger partial charge in [-0.15, -0.1) is 0 Å². The third-order valence-electron chi connectivity index (χ3n) is 3.66. The third kappa shape index (κ3) is 2.73. The standard InChI is InChI=1S/C16H22N4O/c1-10(2)18-14-6-5-13(9-17-14)15-12(4)16-20(19-15)8-7-11(3)21-16/h5-6,9-11H,7-8H2,1-4H3,(H,17,18)/t11-/m0/s1. The molecular formula is C16H22N4O. The summed E-state index contributed by atoms with van der Waals surface area (Å²) < 4.78 is 7.87. The van der Waals surface area contributed by atoms with Gasteiger partial charge in [0.2, 0.25) is 5.88 Å². The Balaban J connectivity index is 1.90. The second kappa shape index (κ2) is 5.39. The fourth-order valence-corrected chi connectivity index (χ4v) is 2.58. The summed E-state index contributed by atoms with van der Waals surface area (Å²) in [6, 6.07) is 4.43. The summed E-state index contributed by atoms with van der Waals surface area (Å²) in [6.07, 6.45) is 3.13. The Hall–Kier alpha value is -2.04. The largest absolute Gasteiger partial charge is 0.475 e. The number of nitrogens with zero attached hydrogens (tertiary/aromatic N) is 3. The fraction of sp³-hybridized carbons (Fsp3) is 0.500. The van der Waals surface area contributed by atoms with Gasteiger partial charge in [0.15, 0.2) is 0 Å². The van der Waals surface area contributed by atoms with Gasteiger partial charge in [0.25, 0.3) is 0 Å². The van der Waals surface area contributed by atoms with Crippen LogP contribution in [0.1, 0.15) is 32.8 Å². The van der Waals surface area contributed by atoms with Crippen LogP contribution in [0.4, 0.5) is 5.82 Å². The van der Waals surface area contributed by atoms with Crippen LogP contribution in [0.15, 0.2) is 18.3 Å². The minimum atomic E-state index is 0.261. The molecule has 0 saturated carbocycles. The average Bonchev–Trinajstić information content (AvgIpc) is 2.76. The van der Waals surface area contributed by atoms with Gasteiger partial charge in [-0.25, -0.2) is 9.67 Å². The number of pyridine rings is 1. The van der Waals surface area contributed by atoms with Crippen LogP contribution >= 0.6 is 0 Å². The summed E-state index contributed by atoms with van der Waals surface area (Å²) in [5, 5.41) is 7.97. The zero-order valence-electron chi connectivity index (χ0n) is 13.1. The van der Waals surface area contributed by atoms with Crippen molar-refractivity contribution in [3.05, 3.63) is 23.9 Å². The van der Waals surface area contributed by atoms with Crippen molar-refractivity contribution in [1.29, 1.82) is 0 Å². The van der Waals surface area contributed by atoms with E-state index in [1.807, 2.05) is 16.9 Å². The summed E-state index contributed by atoms with van der Waals surface area (Å²) in [7, 11) is 0. The van der Waals surface area contributed by atoms with Crippen molar-refractivity contribution < 1.29 is 4.74 Å². The SMILES string of the molecule is Cc1c(-c2ccc(NC(C)C)nc2)nn2c1O[C@@H](C)CC2. The zero-order valence-corrected chi connectivity index (χ0v) is 13.1. The Kier molecular flexibility index (Phi) is 3.57. The number of hydrogen-bond acceptors (Lipinski definition) is 4. The highest BCUT2D eigenvalue weighted by molar-refractivity contribution is 5.65. The Morgan fingerprint density at radius 3 is 2.86 bits per heavy atom. The monoisotopic (exact) mass is 286 g/mol. The molecule has 1 aliphatic heterocycles. The van der Waals surface area contributed by atoms with Gasteiger partial charge < -0.3 is 10.1 Å². The van der Waals surface area contributed by atoms with E-state index in [0.29, 0.717) is 6.04 Å². The van der Waals surface area contributed by atoms with Crippen molar-refractivity contribution >= 4 is 5.82 Å². The van der Waals surface area contributed by atoms with Crippen LogP contribution < -0.4 is 10.1 Å². The van der Waals surface area contributed by atoms with Gasteiger partial charge >= 0.3 is 0 Å². The Morgan fingerprint density at radius 1 is 1.38 bits per heavy atom. The molecule has 0 aromatic carbocycles. The second-order valence-corrected chi connectivity index (χ2v) is 5.95. The van der Waals surface area contributed by atoms with Crippen molar-refractivity contribution in [2.24, 2.45) is 0 Å². The molecule has 0 aliphatic carbocycles. The Morgan fingerprint density at radius 2 is 2.19 bits per heavy atom. The predicted octanol–water partition coefficient (Wildman–Crippen LogP) is 3.24. The van der Waals surface area contributed by atoms with Crippen LogP contribution in [0.5, 0.6) is 5.88 Å². The van der Waals surface area contributed by atoms with E-state index in [-0.39, 0.29) is 6.10 Å². The van der Waals surface area contributed by atoms with Crippen LogP contribution in [-0.4, -0.2) is 26.9 Å². The van der Waals surface area contributed by atoms with E-state index in [2.05, 4.69) is 49.2 Å². The summed E-state index contributed by atoms with van der Waals surface area (Å²) in [5.74, 6) is 1.79. The molecule has 1 atom stereocenters. The molecule has 1 N–H and O–H groups in total. The lowest BCUT2D eigenvalue weighted by Crippen LogP contribution is -2.23. The molecule has 5 nitrogen and oxygen atoms in total. The van der Waals surface area contributed by atoms with E-state index in [1.165, 1.54) is 0 Å². The average molecular weight is 286 g/mol. The smallest absolute Gasteiger partial charge is 0.215 e. The molecule has 2 aromatic heterocycles. The maximum absolute atomic E-state index is 5.91. The van der Waals surface area contributed by atoms with E-state index < -0.39 is 0 Å². The number of aryl methyl sites for hydroxylation is 1. The van der Waals surface area contributed by atoms with E-state index in [1.54, 1.807) is 0 Å². The lowest BCUT2D eigenvalue weighted by molar-refractivity contribution is 0.148. The highest BCUT2D eigenvalue weighted by Crippen LogP contribution is 2.33. The molecule has 0 saturated heterocycles. The molecule has 2 aromatic rings. The molecular weight excluding hydrogens is 264 g/mol. The Bertz CT molecular complexity index is 630. The normalized spacial score (nSPS) is 17.5. The molecule has 0 fully saturated rings.